The Morgan fingerprint density at radius 2 is 1.91 bits per heavy atom. The first-order valence-electron chi connectivity index (χ1n) is 7.58. The summed E-state index contributed by atoms with van der Waals surface area (Å²) >= 11 is 1.44. The maximum absolute atomic E-state index is 13.9. The van der Waals surface area contributed by atoms with Gasteiger partial charge in [0.1, 0.15) is 21.2 Å². The van der Waals surface area contributed by atoms with Crippen molar-refractivity contribution in [3.8, 4) is 10.6 Å². The fourth-order valence-corrected chi connectivity index (χ4v) is 3.80. The predicted molar refractivity (Wildman–Crippen MR) is 88.9 cm³/mol. The molecule has 5 heteroatoms. The van der Waals surface area contributed by atoms with E-state index in [-0.39, 0.29) is 5.82 Å². The number of thiazole rings is 1. The first-order chi connectivity index (χ1) is 10.8. The van der Waals surface area contributed by atoms with Crippen molar-refractivity contribution >= 4 is 27.4 Å². The summed E-state index contributed by atoms with van der Waals surface area (Å²) in [4.78, 5) is 12.3. The molecule has 3 aromatic rings. The van der Waals surface area contributed by atoms with Gasteiger partial charge in [0.15, 0.2) is 0 Å². The number of halogens is 1. The van der Waals surface area contributed by atoms with Crippen molar-refractivity contribution in [2.45, 2.75) is 19.3 Å². The summed E-state index contributed by atoms with van der Waals surface area (Å²) in [5.74, 6) is -0.238. The van der Waals surface area contributed by atoms with Gasteiger partial charge in [0.25, 0.3) is 0 Å². The third-order valence-electron chi connectivity index (χ3n) is 4.06. The normalized spacial score (nSPS) is 15.4. The van der Waals surface area contributed by atoms with Gasteiger partial charge in [-0.25, -0.2) is 14.4 Å². The Balaban J connectivity index is 1.73. The highest BCUT2D eigenvalue weighted by Gasteiger charge is 2.15. The molecule has 0 radical (unpaired) electrons. The number of hydrogen-bond donors (Lipinski definition) is 0. The Morgan fingerprint density at radius 3 is 2.73 bits per heavy atom. The summed E-state index contributed by atoms with van der Waals surface area (Å²) in [6, 6.07) is 8.83. The first-order valence-corrected chi connectivity index (χ1v) is 8.39. The minimum atomic E-state index is -0.238. The highest BCUT2D eigenvalue weighted by atomic mass is 32.1. The molecular formula is C17H16FN3S. The molecule has 0 amide bonds. The minimum Gasteiger partial charge on any atom is -0.370 e. The highest BCUT2D eigenvalue weighted by molar-refractivity contribution is 7.21. The Hall–Kier alpha value is -2.01. The van der Waals surface area contributed by atoms with E-state index < -0.39 is 0 Å². The van der Waals surface area contributed by atoms with Crippen LogP contribution in [0.2, 0.25) is 0 Å². The van der Waals surface area contributed by atoms with E-state index in [4.69, 9.17) is 0 Å². The number of aromatic nitrogens is 2. The third kappa shape index (κ3) is 2.46. The first kappa shape index (κ1) is 13.6. The van der Waals surface area contributed by atoms with Gasteiger partial charge in [-0.2, -0.15) is 0 Å². The van der Waals surface area contributed by atoms with E-state index in [0.29, 0.717) is 10.6 Å². The number of hydrogen-bond acceptors (Lipinski definition) is 4. The third-order valence-corrected chi connectivity index (χ3v) is 5.07. The molecule has 1 fully saturated rings. The molecule has 0 unspecified atom stereocenters. The molecule has 1 aromatic carbocycles. The number of benzene rings is 1. The molecule has 4 rings (SSSR count). The lowest BCUT2D eigenvalue weighted by atomic mass is 10.1. The fraction of sp³-hybridized carbons (Fsp3) is 0.294. The second-order valence-electron chi connectivity index (χ2n) is 5.56. The van der Waals surface area contributed by atoms with Crippen molar-refractivity contribution in [3.05, 3.63) is 42.3 Å². The Labute approximate surface area is 132 Å². The van der Waals surface area contributed by atoms with Crippen molar-refractivity contribution in [1.82, 2.24) is 9.97 Å². The average molecular weight is 313 g/mol. The predicted octanol–water partition coefficient (Wildman–Crippen LogP) is 4.49. The lowest BCUT2D eigenvalue weighted by Crippen LogP contribution is -2.29. The second-order valence-corrected chi connectivity index (χ2v) is 6.54. The molecule has 1 aliphatic rings. The number of rotatable bonds is 2. The molecule has 3 nitrogen and oxygen atoms in total. The summed E-state index contributed by atoms with van der Waals surface area (Å²) in [7, 11) is 0. The summed E-state index contributed by atoms with van der Waals surface area (Å²) in [6.45, 7) is 2.16. The topological polar surface area (TPSA) is 29.0 Å². The molecule has 0 atom stereocenters. The van der Waals surface area contributed by atoms with Gasteiger partial charge in [-0.3, -0.25) is 0 Å². The molecule has 22 heavy (non-hydrogen) atoms. The standard InChI is InChI=1S/C17H16FN3S/c18-14-7-3-2-6-13(14)16-20-15-10-12(11-19-17(15)22-16)21-8-4-1-5-9-21/h2-3,6-7,10-11H,1,4-5,8-9H2. The van der Waals surface area contributed by atoms with Gasteiger partial charge in [-0.05, 0) is 37.5 Å². The zero-order valence-corrected chi connectivity index (χ0v) is 12.9. The van der Waals surface area contributed by atoms with Crippen molar-refractivity contribution in [2.75, 3.05) is 18.0 Å². The SMILES string of the molecule is Fc1ccccc1-c1nc2cc(N3CCCCC3)cnc2s1. The minimum absolute atomic E-state index is 0.238. The Kier molecular flexibility index (Phi) is 3.50. The van der Waals surface area contributed by atoms with Crippen LogP contribution in [0.1, 0.15) is 19.3 Å². The number of pyridine rings is 1. The highest BCUT2D eigenvalue weighted by Crippen LogP contribution is 2.32. The van der Waals surface area contributed by atoms with Crippen LogP contribution in [0.15, 0.2) is 36.5 Å². The van der Waals surface area contributed by atoms with Gasteiger partial charge in [0.2, 0.25) is 0 Å². The molecule has 3 heterocycles. The quantitative estimate of drug-likeness (QED) is 0.698. The van der Waals surface area contributed by atoms with Gasteiger partial charge in [0.05, 0.1) is 11.9 Å². The van der Waals surface area contributed by atoms with Gasteiger partial charge >= 0.3 is 0 Å². The Morgan fingerprint density at radius 1 is 1.09 bits per heavy atom. The van der Waals surface area contributed by atoms with Gasteiger partial charge < -0.3 is 4.90 Å². The van der Waals surface area contributed by atoms with E-state index in [1.165, 1.54) is 36.7 Å². The molecule has 0 N–H and O–H groups in total. The number of anilines is 1. The fourth-order valence-electron chi connectivity index (χ4n) is 2.89. The van der Waals surface area contributed by atoms with Crippen LogP contribution >= 0.6 is 11.3 Å². The van der Waals surface area contributed by atoms with Crippen LogP contribution < -0.4 is 4.90 Å². The van der Waals surface area contributed by atoms with Crippen LogP contribution in [-0.4, -0.2) is 23.1 Å². The van der Waals surface area contributed by atoms with E-state index in [0.717, 1.165) is 29.1 Å². The van der Waals surface area contributed by atoms with Gasteiger partial charge in [-0.15, -0.1) is 0 Å². The number of fused-ring (bicyclic) bond motifs is 1. The van der Waals surface area contributed by atoms with E-state index in [1.54, 1.807) is 12.1 Å². The van der Waals surface area contributed by atoms with E-state index in [1.807, 2.05) is 12.3 Å². The van der Waals surface area contributed by atoms with Crippen molar-refractivity contribution in [2.24, 2.45) is 0 Å². The van der Waals surface area contributed by atoms with Gasteiger partial charge in [0, 0.05) is 18.7 Å². The molecule has 0 saturated carbocycles. The van der Waals surface area contributed by atoms with Crippen LogP contribution in [0.25, 0.3) is 20.9 Å². The summed E-state index contributed by atoms with van der Waals surface area (Å²) in [5.41, 5.74) is 2.52. The van der Waals surface area contributed by atoms with Gasteiger partial charge in [-0.1, -0.05) is 23.5 Å². The lowest BCUT2D eigenvalue weighted by Gasteiger charge is -2.28. The second kappa shape index (κ2) is 5.65. The molecular weight excluding hydrogens is 297 g/mol. The lowest BCUT2D eigenvalue weighted by molar-refractivity contribution is 0.577. The molecule has 0 spiro atoms. The maximum atomic E-state index is 13.9. The summed E-state index contributed by atoms with van der Waals surface area (Å²) in [5, 5.41) is 0.691. The van der Waals surface area contributed by atoms with E-state index in [9.17, 15) is 4.39 Å². The summed E-state index contributed by atoms with van der Waals surface area (Å²) in [6.07, 6.45) is 5.68. The summed E-state index contributed by atoms with van der Waals surface area (Å²) < 4.78 is 13.9. The molecule has 1 saturated heterocycles. The molecule has 112 valence electrons. The van der Waals surface area contributed by atoms with Crippen molar-refractivity contribution in [1.29, 1.82) is 0 Å². The zero-order valence-electron chi connectivity index (χ0n) is 12.1. The molecule has 0 aliphatic carbocycles. The maximum Gasteiger partial charge on any atom is 0.143 e. The number of nitrogens with zero attached hydrogens (tertiary/aromatic N) is 3. The van der Waals surface area contributed by atoms with Crippen LogP contribution in [0.5, 0.6) is 0 Å². The van der Waals surface area contributed by atoms with E-state index in [2.05, 4.69) is 20.9 Å². The largest absolute Gasteiger partial charge is 0.370 e. The average Bonchev–Trinajstić information content (AvgIpc) is 2.99. The van der Waals surface area contributed by atoms with Crippen molar-refractivity contribution in [3.63, 3.8) is 0 Å². The smallest absolute Gasteiger partial charge is 0.143 e. The molecule has 1 aliphatic heterocycles. The number of piperidine rings is 1. The molecule has 0 bridgehead atoms. The van der Waals surface area contributed by atoms with Crippen LogP contribution in [0.4, 0.5) is 10.1 Å². The van der Waals surface area contributed by atoms with Crippen LogP contribution in [0, 0.1) is 5.82 Å². The van der Waals surface area contributed by atoms with Crippen molar-refractivity contribution < 1.29 is 4.39 Å². The zero-order chi connectivity index (χ0) is 14.9. The monoisotopic (exact) mass is 313 g/mol. The van der Waals surface area contributed by atoms with Crippen LogP contribution in [-0.2, 0) is 0 Å². The Bertz CT molecular complexity index is 809. The van der Waals surface area contributed by atoms with E-state index >= 15 is 0 Å². The van der Waals surface area contributed by atoms with Crippen LogP contribution in [0.3, 0.4) is 0 Å². The molecule has 2 aromatic heterocycles.